The van der Waals surface area contributed by atoms with Crippen molar-refractivity contribution in [3.05, 3.63) is 23.3 Å². The fraction of sp³-hybridized carbons (Fsp3) is 0.800. The maximum atomic E-state index is 14.0. The predicted molar refractivity (Wildman–Crippen MR) is 160 cm³/mol. The van der Waals surface area contributed by atoms with Crippen LogP contribution >= 0.6 is 0 Å². The predicted octanol–water partition coefficient (Wildman–Crippen LogP) is 5.95. The third-order valence-electron chi connectivity index (χ3n) is 12.0. The van der Waals surface area contributed by atoms with Gasteiger partial charge in [-0.05, 0) is 80.9 Å². The molecular weight excluding hydrogens is 512 g/mol. The summed E-state index contributed by atoms with van der Waals surface area (Å²) in [6.45, 7) is 7.14. The number of amides is 1. The molecule has 1 saturated heterocycles. The highest BCUT2D eigenvalue weighted by molar-refractivity contribution is 5.77. The summed E-state index contributed by atoms with van der Waals surface area (Å²) in [6, 6.07) is 3.84. The van der Waals surface area contributed by atoms with Crippen molar-refractivity contribution in [1.29, 1.82) is 0 Å². The number of likely N-dealkylation sites (tertiary alicyclic amines) is 1. The second-order valence-corrected chi connectivity index (χ2v) is 15.1. The minimum Gasteiger partial charge on any atom is -0.504 e. The number of benzene rings is 1. The summed E-state index contributed by atoms with van der Waals surface area (Å²) in [5, 5.41) is 23.8. The third kappa shape index (κ3) is 4.61. The summed E-state index contributed by atoms with van der Waals surface area (Å²) >= 11 is 0. The minimum atomic E-state index is -0.903. The largest absolute Gasteiger partial charge is 0.504 e. The maximum Gasteiger partial charge on any atom is 0.222 e. The molecule has 1 aromatic rings. The molecule has 226 valence electrons. The van der Waals surface area contributed by atoms with Gasteiger partial charge in [0.25, 0.3) is 0 Å². The first-order chi connectivity index (χ1) is 19.8. The van der Waals surface area contributed by atoms with Gasteiger partial charge in [0.1, 0.15) is 6.10 Å². The van der Waals surface area contributed by atoms with Crippen LogP contribution in [-0.4, -0.2) is 69.3 Å². The number of rotatable bonds is 10. The molecule has 2 bridgehead atoms. The number of aromatic hydroxyl groups is 1. The lowest BCUT2D eigenvalue weighted by molar-refractivity contribution is -0.202. The number of phenolic OH excluding ortho intramolecular Hbond substituents is 1. The zero-order chi connectivity index (χ0) is 28.4. The lowest BCUT2D eigenvalue weighted by Gasteiger charge is -2.65. The number of nitrogens with zero attached hydrogens (tertiary/aromatic N) is 2. The number of phenols is 1. The Labute approximate surface area is 246 Å². The number of hydrogen-bond acceptors (Lipinski definition) is 5. The van der Waals surface area contributed by atoms with Gasteiger partial charge in [0.15, 0.2) is 11.5 Å². The smallest absolute Gasteiger partial charge is 0.222 e. The molecule has 1 aromatic carbocycles. The monoisotopic (exact) mass is 564 g/mol. The fourth-order valence-corrected chi connectivity index (χ4v) is 9.92. The van der Waals surface area contributed by atoms with Crippen molar-refractivity contribution >= 4 is 5.91 Å². The van der Waals surface area contributed by atoms with Crippen LogP contribution in [0.3, 0.4) is 0 Å². The molecule has 4 fully saturated rings. The van der Waals surface area contributed by atoms with E-state index in [-0.39, 0.29) is 29.8 Å². The zero-order valence-electron chi connectivity index (χ0n) is 25.5. The molecule has 2 heterocycles. The third-order valence-corrected chi connectivity index (χ3v) is 12.0. The number of piperidine rings is 1. The molecule has 1 spiro atoms. The summed E-state index contributed by atoms with van der Waals surface area (Å²) in [6.07, 6.45) is 16.2. The normalized spacial score (nSPS) is 34.4. The molecule has 41 heavy (non-hydrogen) atoms. The molecule has 7 rings (SSSR count). The van der Waals surface area contributed by atoms with Gasteiger partial charge < -0.3 is 19.8 Å². The molecular formula is C35H52N2O4. The summed E-state index contributed by atoms with van der Waals surface area (Å²) < 4.78 is 6.81. The topological polar surface area (TPSA) is 73.2 Å². The van der Waals surface area contributed by atoms with E-state index in [0.29, 0.717) is 31.1 Å². The van der Waals surface area contributed by atoms with E-state index in [1.54, 1.807) is 6.07 Å². The standard InChI is InChI=1S/C35H52N2O4/c1-23(2)21-37(30(39)11-7-6-10-24-8-4-3-5-9-24)27-16-17-35(40)29-20-26-14-15-28(38)32-31(26)34(35,33(27)41-32)18-19-36(29)22-25-12-13-25/h14-15,23-25,27,29,33,38,40H,3-13,16-22H2,1-2H3/t27-,29+,33+,34+,35-/m1/s1. The Morgan fingerprint density at radius 1 is 1.07 bits per heavy atom. The average molecular weight is 565 g/mol. The van der Waals surface area contributed by atoms with Gasteiger partial charge in [0.05, 0.1) is 17.1 Å². The van der Waals surface area contributed by atoms with E-state index in [1.165, 1.54) is 56.9 Å². The number of hydrogen-bond donors (Lipinski definition) is 2. The van der Waals surface area contributed by atoms with Crippen LogP contribution in [0.4, 0.5) is 0 Å². The van der Waals surface area contributed by atoms with E-state index >= 15 is 0 Å². The van der Waals surface area contributed by atoms with E-state index in [9.17, 15) is 15.0 Å². The van der Waals surface area contributed by atoms with E-state index in [4.69, 9.17) is 4.74 Å². The number of unbranched alkanes of at least 4 members (excludes halogenated alkanes) is 1. The molecule has 6 heteroatoms. The number of ether oxygens (including phenoxy) is 1. The van der Waals surface area contributed by atoms with Crippen LogP contribution in [0.15, 0.2) is 12.1 Å². The summed E-state index contributed by atoms with van der Waals surface area (Å²) in [4.78, 5) is 18.7. The fourth-order valence-electron chi connectivity index (χ4n) is 9.92. The Morgan fingerprint density at radius 2 is 1.88 bits per heavy atom. The van der Waals surface area contributed by atoms with Crippen molar-refractivity contribution in [2.45, 2.75) is 139 Å². The molecule has 4 aliphatic carbocycles. The van der Waals surface area contributed by atoms with Crippen LogP contribution in [0.5, 0.6) is 11.5 Å². The van der Waals surface area contributed by atoms with Crippen LogP contribution < -0.4 is 4.74 Å². The van der Waals surface area contributed by atoms with Gasteiger partial charge in [-0.3, -0.25) is 9.69 Å². The van der Waals surface area contributed by atoms with E-state index in [0.717, 1.165) is 62.6 Å². The van der Waals surface area contributed by atoms with Crippen molar-refractivity contribution in [3.63, 3.8) is 0 Å². The molecule has 3 saturated carbocycles. The van der Waals surface area contributed by atoms with E-state index in [2.05, 4.69) is 29.7 Å². The van der Waals surface area contributed by atoms with Gasteiger partial charge in [-0.2, -0.15) is 0 Å². The molecule has 6 aliphatic rings. The van der Waals surface area contributed by atoms with E-state index < -0.39 is 11.0 Å². The van der Waals surface area contributed by atoms with Crippen LogP contribution in [0.25, 0.3) is 0 Å². The number of carbonyl (C=O) groups excluding carboxylic acids is 1. The van der Waals surface area contributed by atoms with Crippen molar-refractivity contribution < 1.29 is 19.7 Å². The number of aliphatic hydroxyl groups is 1. The molecule has 0 unspecified atom stereocenters. The lowest BCUT2D eigenvalue weighted by atomic mass is 9.48. The van der Waals surface area contributed by atoms with Gasteiger partial charge in [-0.15, -0.1) is 0 Å². The average Bonchev–Trinajstić information content (AvgIpc) is 3.70. The maximum absolute atomic E-state index is 14.0. The van der Waals surface area contributed by atoms with Crippen LogP contribution in [-0.2, 0) is 16.6 Å². The first kappa shape index (κ1) is 28.0. The Morgan fingerprint density at radius 3 is 2.63 bits per heavy atom. The second kappa shape index (κ2) is 10.7. The molecule has 5 atom stereocenters. The molecule has 0 aromatic heterocycles. The second-order valence-electron chi connectivity index (χ2n) is 15.1. The first-order valence-corrected chi connectivity index (χ1v) is 17.1. The summed E-state index contributed by atoms with van der Waals surface area (Å²) in [5.74, 6) is 2.99. The zero-order valence-corrected chi connectivity index (χ0v) is 25.5. The molecule has 1 amide bonds. The highest BCUT2D eigenvalue weighted by Crippen LogP contribution is 2.66. The van der Waals surface area contributed by atoms with Crippen molar-refractivity contribution in [3.8, 4) is 11.5 Å². The minimum absolute atomic E-state index is 0.0703. The van der Waals surface area contributed by atoms with Crippen molar-refractivity contribution in [2.24, 2.45) is 17.8 Å². The van der Waals surface area contributed by atoms with Crippen LogP contribution in [0, 0.1) is 17.8 Å². The van der Waals surface area contributed by atoms with Crippen molar-refractivity contribution in [2.75, 3.05) is 19.6 Å². The van der Waals surface area contributed by atoms with Gasteiger partial charge >= 0.3 is 0 Å². The Kier molecular flexibility index (Phi) is 7.33. The molecule has 6 nitrogen and oxygen atoms in total. The molecule has 0 radical (unpaired) electrons. The van der Waals surface area contributed by atoms with Crippen molar-refractivity contribution in [1.82, 2.24) is 9.80 Å². The van der Waals surface area contributed by atoms with Gasteiger partial charge in [-0.25, -0.2) is 0 Å². The molecule has 2 aliphatic heterocycles. The van der Waals surface area contributed by atoms with Crippen LogP contribution in [0.2, 0.25) is 0 Å². The van der Waals surface area contributed by atoms with Crippen LogP contribution in [0.1, 0.15) is 115 Å². The highest BCUT2D eigenvalue weighted by Gasteiger charge is 2.73. The quantitative estimate of drug-likeness (QED) is 0.344. The summed E-state index contributed by atoms with van der Waals surface area (Å²) in [7, 11) is 0. The Bertz CT molecular complexity index is 1140. The lowest BCUT2D eigenvalue weighted by Crippen LogP contribution is -2.78. The highest BCUT2D eigenvalue weighted by atomic mass is 16.5. The molecule has 2 N–H and O–H groups in total. The van der Waals surface area contributed by atoms with Gasteiger partial charge in [0, 0.05) is 31.1 Å². The SMILES string of the molecule is CC(C)CN(C(=O)CCCCC1CCCCC1)[C@@H]1CC[C@@]2(O)[C@@H]3Cc4ccc(O)c5c4[C@@]2(CCN3CC2CC2)[C@H]1O5. The number of carbonyl (C=O) groups is 1. The Hall–Kier alpha value is -1.79. The Balaban J connectivity index is 1.16. The van der Waals surface area contributed by atoms with Gasteiger partial charge in [0.2, 0.25) is 5.91 Å². The summed E-state index contributed by atoms with van der Waals surface area (Å²) in [5.41, 5.74) is 0.806. The first-order valence-electron chi connectivity index (χ1n) is 17.1. The van der Waals surface area contributed by atoms with Gasteiger partial charge in [-0.1, -0.05) is 64.9 Å². The van der Waals surface area contributed by atoms with E-state index in [1.807, 2.05) is 0 Å².